The topological polar surface area (TPSA) is 71.3 Å². The highest BCUT2D eigenvalue weighted by atomic mass is 32.2. The number of likely N-dealkylation sites (tertiary alicyclic amines) is 1. The van der Waals surface area contributed by atoms with Crippen LogP contribution in [0.1, 0.15) is 43.4 Å². The van der Waals surface area contributed by atoms with Gasteiger partial charge in [-0.2, -0.15) is 17.5 Å². The molecule has 1 atom stereocenters. The van der Waals surface area contributed by atoms with E-state index >= 15 is 0 Å². The van der Waals surface area contributed by atoms with E-state index in [0.29, 0.717) is 18.4 Å². The van der Waals surface area contributed by atoms with Gasteiger partial charge in [0.05, 0.1) is 17.0 Å². The largest absolute Gasteiger partial charge is 0.417 e. The van der Waals surface area contributed by atoms with Crippen molar-refractivity contribution in [2.24, 2.45) is 0 Å². The molecular weight excluding hydrogens is 419 g/mol. The van der Waals surface area contributed by atoms with Crippen LogP contribution in [-0.4, -0.2) is 58.1 Å². The first-order chi connectivity index (χ1) is 14.1. The number of aromatic nitrogens is 3. The van der Waals surface area contributed by atoms with Gasteiger partial charge in [-0.15, -0.1) is 10.2 Å². The monoisotopic (exact) mass is 443 g/mol. The first-order valence-electron chi connectivity index (χ1n) is 9.91. The molecule has 0 amide bonds. The van der Waals surface area contributed by atoms with E-state index in [-0.39, 0.29) is 19.0 Å². The number of halogens is 3. The Kier molecular flexibility index (Phi) is 5.39. The predicted molar refractivity (Wildman–Crippen MR) is 103 cm³/mol. The molecule has 0 radical (unpaired) electrons. The van der Waals surface area contributed by atoms with Crippen LogP contribution in [0.2, 0.25) is 0 Å². The zero-order valence-electron chi connectivity index (χ0n) is 16.8. The Balaban J connectivity index is 1.58. The van der Waals surface area contributed by atoms with E-state index in [1.165, 1.54) is 12.1 Å². The van der Waals surface area contributed by atoms with Crippen molar-refractivity contribution in [3.05, 3.63) is 41.5 Å². The number of alkyl halides is 3. The molecule has 7 nitrogen and oxygen atoms in total. The van der Waals surface area contributed by atoms with Gasteiger partial charge in [0.15, 0.2) is 0 Å². The maximum Gasteiger partial charge on any atom is 0.417 e. The summed E-state index contributed by atoms with van der Waals surface area (Å²) in [6, 6.07) is 4.71. The number of sulfonamides is 1. The predicted octanol–water partition coefficient (Wildman–Crippen LogP) is 2.70. The van der Waals surface area contributed by atoms with Gasteiger partial charge in [0.2, 0.25) is 10.0 Å². The lowest BCUT2D eigenvalue weighted by Gasteiger charge is -2.28. The lowest BCUT2D eigenvalue weighted by atomic mass is 10.1. The third-order valence-electron chi connectivity index (χ3n) is 5.87. The SMILES string of the molecule is CC(C)N1CCC(c2nnc3n2CCN(S(=O)(=O)c2ccccc2C(F)(F)F)C3)C1. The molecule has 0 bridgehead atoms. The molecule has 0 aliphatic carbocycles. The van der Waals surface area contributed by atoms with E-state index in [9.17, 15) is 21.6 Å². The number of benzene rings is 1. The second-order valence-electron chi connectivity index (χ2n) is 8.03. The molecule has 1 saturated heterocycles. The van der Waals surface area contributed by atoms with Crippen LogP contribution in [0.5, 0.6) is 0 Å². The van der Waals surface area contributed by atoms with Crippen LogP contribution in [0, 0.1) is 0 Å². The second kappa shape index (κ2) is 7.61. The maximum atomic E-state index is 13.3. The lowest BCUT2D eigenvalue weighted by Crippen LogP contribution is -2.39. The summed E-state index contributed by atoms with van der Waals surface area (Å²) >= 11 is 0. The van der Waals surface area contributed by atoms with Gasteiger partial charge in [0.25, 0.3) is 0 Å². The Labute approximate surface area is 173 Å². The molecule has 11 heteroatoms. The first-order valence-corrected chi connectivity index (χ1v) is 11.4. The molecule has 0 N–H and O–H groups in total. The van der Waals surface area contributed by atoms with Crippen molar-refractivity contribution >= 4 is 10.0 Å². The van der Waals surface area contributed by atoms with Crippen LogP contribution in [0.3, 0.4) is 0 Å². The molecule has 2 aliphatic heterocycles. The molecule has 1 fully saturated rings. The van der Waals surface area contributed by atoms with Crippen LogP contribution in [0.4, 0.5) is 13.2 Å². The highest BCUT2D eigenvalue weighted by Crippen LogP contribution is 2.36. The molecular formula is C19H24F3N5O2S. The molecule has 0 spiro atoms. The summed E-state index contributed by atoms with van der Waals surface area (Å²) in [6.45, 7) is 6.43. The summed E-state index contributed by atoms with van der Waals surface area (Å²) in [5.41, 5.74) is -1.16. The normalized spacial score (nSPS) is 21.3. The van der Waals surface area contributed by atoms with Gasteiger partial charge in [-0.05, 0) is 38.9 Å². The molecule has 30 heavy (non-hydrogen) atoms. The minimum Gasteiger partial charge on any atom is -0.312 e. The number of fused-ring (bicyclic) bond motifs is 1. The third-order valence-corrected chi connectivity index (χ3v) is 7.78. The minimum absolute atomic E-state index is 0.0766. The Bertz CT molecular complexity index is 1040. The number of nitrogens with zero attached hydrogens (tertiary/aromatic N) is 5. The fraction of sp³-hybridized carbons (Fsp3) is 0.579. The van der Waals surface area contributed by atoms with Crippen molar-refractivity contribution in [2.45, 2.75) is 56.4 Å². The molecule has 4 rings (SSSR count). The average molecular weight is 443 g/mol. The van der Waals surface area contributed by atoms with E-state index in [2.05, 4.69) is 28.9 Å². The van der Waals surface area contributed by atoms with Gasteiger partial charge in [-0.3, -0.25) is 0 Å². The molecule has 0 saturated carbocycles. The zero-order chi connectivity index (χ0) is 21.7. The van der Waals surface area contributed by atoms with Gasteiger partial charge in [-0.25, -0.2) is 8.42 Å². The van der Waals surface area contributed by atoms with Gasteiger partial charge >= 0.3 is 6.18 Å². The molecule has 1 unspecified atom stereocenters. The Morgan fingerprint density at radius 2 is 1.83 bits per heavy atom. The minimum atomic E-state index is -4.75. The summed E-state index contributed by atoms with van der Waals surface area (Å²) in [5, 5.41) is 8.47. The fourth-order valence-corrected chi connectivity index (χ4v) is 5.79. The van der Waals surface area contributed by atoms with Gasteiger partial charge in [0, 0.05) is 31.6 Å². The summed E-state index contributed by atoms with van der Waals surface area (Å²) < 4.78 is 69.0. The second-order valence-corrected chi connectivity index (χ2v) is 9.94. The number of hydrogen-bond acceptors (Lipinski definition) is 5. The van der Waals surface area contributed by atoms with E-state index < -0.39 is 26.7 Å². The number of rotatable bonds is 4. The summed E-state index contributed by atoms with van der Waals surface area (Å²) in [6.07, 6.45) is -3.80. The van der Waals surface area contributed by atoms with Crippen molar-refractivity contribution in [3.8, 4) is 0 Å². The highest BCUT2D eigenvalue weighted by Gasteiger charge is 2.40. The third kappa shape index (κ3) is 3.74. The van der Waals surface area contributed by atoms with Crippen molar-refractivity contribution in [2.75, 3.05) is 19.6 Å². The summed E-state index contributed by atoms with van der Waals surface area (Å²) in [4.78, 5) is 1.63. The standard InChI is InChI=1S/C19H24F3N5O2S/c1-13(2)25-8-7-14(11-25)18-24-23-17-12-26(9-10-27(17)18)30(28,29)16-6-4-3-5-15(16)19(20,21)22/h3-6,13-14H,7-12H2,1-2H3. The van der Waals surface area contributed by atoms with Gasteiger partial charge < -0.3 is 9.47 Å². The van der Waals surface area contributed by atoms with Crippen LogP contribution < -0.4 is 0 Å². The van der Waals surface area contributed by atoms with Crippen LogP contribution in [-0.2, 0) is 29.3 Å². The van der Waals surface area contributed by atoms with E-state index in [1.54, 1.807) is 0 Å². The van der Waals surface area contributed by atoms with Crippen molar-refractivity contribution in [1.29, 1.82) is 0 Å². The average Bonchev–Trinajstić information content (AvgIpc) is 3.33. The fourth-order valence-electron chi connectivity index (χ4n) is 4.20. The Hall–Kier alpha value is -1.98. The van der Waals surface area contributed by atoms with Crippen molar-refractivity contribution in [3.63, 3.8) is 0 Å². The van der Waals surface area contributed by atoms with Crippen LogP contribution in [0.15, 0.2) is 29.2 Å². The number of hydrogen-bond donors (Lipinski definition) is 0. The smallest absolute Gasteiger partial charge is 0.312 e. The van der Waals surface area contributed by atoms with Crippen molar-refractivity contribution < 1.29 is 21.6 Å². The maximum absolute atomic E-state index is 13.3. The molecule has 1 aromatic carbocycles. The van der Waals surface area contributed by atoms with Gasteiger partial charge in [0.1, 0.15) is 11.6 Å². The zero-order valence-corrected chi connectivity index (χ0v) is 17.6. The quantitative estimate of drug-likeness (QED) is 0.727. The van der Waals surface area contributed by atoms with Crippen molar-refractivity contribution in [1.82, 2.24) is 24.0 Å². The van der Waals surface area contributed by atoms with E-state index in [4.69, 9.17) is 0 Å². The molecule has 2 aliphatic rings. The van der Waals surface area contributed by atoms with E-state index in [1.807, 2.05) is 4.57 Å². The van der Waals surface area contributed by atoms with E-state index in [0.717, 1.165) is 41.8 Å². The molecule has 2 aromatic rings. The molecule has 3 heterocycles. The summed E-state index contributed by atoms with van der Waals surface area (Å²) in [7, 11) is -4.32. The Morgan fingerprint density at radius 3 is 2.50 bits per heavy atom. The van der Waals surface area contributed by atoms with Gasteiger partial charge in [-0.1, -0.05) is 12.1 Å². The summed E-state index contributed by atoms with van der Waals surface area (Å²) in [5.74, 6) is 1.52. The molecule has 164 valence electrons. The van der Waals surface area contributed by atoms with Crippen LogP contribution in [0.25, 0.3) is 0 Å². The highest BCUT2D eigenvalue weighted by molar-refractivity contribution is 7.89. The molecule has 1 aromatic heterocycles. The lowest BCUT2D eigenvalue weighted by molar-refractivity contribution is -0.139. The first kappa shape index (κ1) is 21.3. The Morgan fingerprint density at radius 1 is 1.10 bits per heavy atom. The van der Waals surface area contributed by atoms with Crippen LogP contribution >= 0.6 is 0 Å².